The molecule has 252 valence electrons. The molecule has 0 radical (unpaired) electrons. The van der Waals surface area contributed by atoms with Crippen LogP contribution in [0.2, 0.25) is 5.02 Å². The van der Waals surface area contributed by atoms with E-state index in [1.807, 2.05) is 0 Å². The van der Waals surface area contributed by atoms with Gasteiger partial charge in [0.1, 0.15) is 0 Å². The Balaban J connectivity index is 1.09. The summed E-state index contributed by atoms with van der Waals surface area (Å²) in [5.74, 6) is -5.40. The van der Waals surface area contributed by atoms with Crippen LogP contribution in [0.3, 0.4) is 0 Å². The highest BCUT2D eigenvalue weighted by atomic mass is 35.5. The third kappa shape index (κ3) is 6.76. The van der Waals surface area contributed by atoms with Crippen molar-refractivity contribution in [3.05, 3.63) is 52.7 Å². The summed E-state index contributed by atoms with van der Waals surface area (Å²) in [4.78, 5) is 45.9. The molecule has 2 aliphatic carbocycles. The molecular weight excluding hydrogens is 653 g/mol. The molecular formula is C29H31ClF5N9O3. The fourth-order valence-electron chi connectivity index (χ4n) is 5.76. The number of hydrogen-bond acceptors (Lipinski definition) is 6. The lowest BCUT2D eigenvalue weighted by atomic mass is 9.88. The fourth-order valence-corrected chi connectivity index (χ4v) is 6.02. The molecule has 18 heteroatoms. The topological polar surface area (TPSA) is 143 Å². The molecule has 2 saturated carbocycles. The summed E-state index contributed by atoms with van der Waals surface area (Å²) in [6.45, 7) is 0.901. The molecule has 47 heavy (non-hydrogen) atoms. The third-order valence-corrected chi connectivity index (χ3v) is 8.99. The number of alkyl halides is 5. The Bertz CT molecular complexity index is 1710. The Morgan fingerprint density at radius 3 is 2.36 bits per heavy atom. The zero-order chi connectivity index (χ0) is 33.8. The van der Waals surface area contributed by atoms with Gasteiger partial charge < -0.3 is 30.7 Å². The number of benzene rings is 1. The summed E-state index contributed by atoms with van der Waals surface area (Å²) in [5, 5.41) is 9.07. The van der Waals surface area contributed by atoms with Crippen LogP contribution in [0.4, 0.5) is 32.4 Å². The van der Waals surface area contributed by atoms with Gasteiger partial charge in [0.25, 0.3) is 17.7 Å². The first-order chi connectivity index (χ1) is 22.1. The average molecular weight is 684 g/mol. The molecule has 1 aliphatic heterocycles. The number of hydrogen-bond donors (Lipinski definition) is 3. The Kier molecular flexibility index (Phi) is 8.40. The van der Waals surface area contributed by atoms with Crippen molar-refractivity contribution < 1.29 is 36.3 Å². The largest absolute Gasteiger partial charge is 0.435 e. The third-order valence-electron chi connectivity index (χ3n) is 8.67. The minimum absolute atomic E-state index is 0.0540. The van der Waals surface area contributed by atoms with Crippen molar-refractivity contribution in [1.29, 1.82) is 0 Å². The van der Waals surface area contributed by atoms with Gasteiger partial charge in [0.05, 0.1) is 28.0 Å². The number of imidazole rings is 1. The van der Waals surface area contributed by atoms with Gasteiger partial charge in [0, 0.05) is 76.1 Å². The molecule has 4 N–H and O–H groups in total. The van der Waals surface area contributed by atoms with Crippen molar-refractivity contribution in [3.8, 4) is 11.3 Å². The van der Waals surface area contributed by atoms with Crippen LogP contribution in [0.5, 0.6) is 0 Å². The molecule has 4 amide bonds. The molecule has 0 spiro atoms. The Morgan fingerprint density at radius 2 is 1.77 bits per heavy atom. The minimum Gasteiger partial charge on any atom is -0.335 e. The van der Waals surface area contributed by atoms with Crippen LogP contribution in [-0.2, 0) is 19.8 Å². The molecule has 1 atom stereocenters. The number of piperazine rings is 1. The van der Waals surface area contributed by atoms with Crippen molar-refractivity contribution >= 4 is 35.1 Å². The van der Waals surface area contributed by atoms with Gasteiger partial charge in [-0.15, -0.1) is 0 Å². The predicted molar refractivity (Wildman–Crippen MR) is 159 cm³/mol. The van der Waals surface area contributed by atoms with Crippen LogP contribution < -0.4 is 16.4 Å². The van der Waals surface area contributed by atoms with E-state index in [0.717, 1.165) is 34.5 Å². The Hall–Kier alpha value is -4.25. The molecule has 3 fully saturated rings. The lowest BCUT2D eigenvalue weighted by Crippen LogP contribution is -2.57. The molecule has 2 aromatic heterocycles. The SMILES string of the molecule is Cn1c(-c2cn(C[C@H]3CC3(F)F)nc2C(F)(F)F)cnc1C(=O)Nc1ccc(C(=O)N2CCN(C(=O)NC3CC(N)C3)CC2)c(Cl)c1. The van der Waals surface area contributed by atoms with E-state index in [9.17, 15) is 36.3 Å². The van der Waals surface area contributed by atoms with E-state index < -0.39 is 41.6 Å². The molecule has 1 saturated heterocycles. The van der Waals surface area contributed by atoms with E-state index in [4.69, 9.17) is 17.3 Å². The molecule has 12 nitrogen and oxygen atoms in total. The van der Waals surface area contributed by atoms with Crippen LogP contribution in [0.1, 0.15) is 45.9 Å². The predicted octanol–water partition coefficient (Wildman–Crippen LogP) is 3.82. The second kappa shape index (κ2) is 12.1. The first-order valence-electron chi connectivity index (χ1n) is 14.9. The number of anilines is 1. The Morgan fingerprint density at radius 1 is 1.11 bits per heavy atom. The van der Waals surface area contributed by atoms with Crippen LogP contribution in [0.15, 0.2) is 30.6 Å². The average Bonchev–Trinajstić information content (AvgIpc) is 3.27. The van der Waals surface area contributed by atoms with E-state index in [0.29, 0.717) is 26.2 Å². The Labute approximate surface area is 270 Å². The number of carbonyl (C=O) groups is 3. The normalized spacial score (nSPS) is 22.1. The van der Waals surface area contributed by atoms with Crippen molar-refractivity contribution in [2.24, 2.45) is 18.7 Å². The molecule has 3 aliphatic rings. The molecule has 6 rings (SSSR count). The molecule has 3 heterocycles. The number of amides is 4. The molecule has 0 bridgehead atoms. The smallest absolute Gasteiger partial charge is 0.335 e. The van der Waals surface area contributed by atoms with Gasteiger partial charge in [-0.3, -0.25) is 14.3 Å². The summed E-state index contributed by atoms with van der Waals surface area (Å²) in [6.07, 6.45) is -1.74. The number of nitrogens with two attached hydrogens (primary N) is 1. The van der Waals surface area contributed by atoms with Gasteiger partial charge in [-0.25, -0.2) is 18.6 Å². The van der Waals surface area contributed by atoms with Crippen LogP contribution in [-0.4, -0.2) is 91.2 Å². The fraction of sp³-hybridized carbons (Fsp3) is 0.483. The number of nitrogens with one attached hydrogen (secondary N) is 2. The maximum absolute atomic E-state index is 13.8. The van der Waals surface area contributed by atoms with Gasteiger partial charge in [-0.05, 0) is 31.0 Å². The van der Waals surface area contributed by atoms with Gasteiger partial charge in [-0.2, -0.15) is 18.3 Å². The quantitative estimate of drug-likeness (QED) is 0.323. The van der Waals surface area contributed by atoms with E-state index in [1.54, 1.807) is 9.80 Å². The van der Waals surface area contributed by atoms with E-state index in [-0.39, 0.29) is 58.4 Å². The highest BCUT2D eigenvalue weighted by Crippen LogP contribution is 2.49. The summed E-state index contributed by atoms with van der Waals surface area (Å²) < 4.78 is 70.1. The molecule has 0 unspecified atom stereocenters. The van der Waals surface area contributed by atoms with Gasteiger partial charge in [0.2, 0.25) is 0 Å². The molecule has 1 aromatic carbocycles. The van der Waals surface area contributed by atoms with E-state index in [1.165, 1.54) is 25.2 Å². The zero-order valence-corrected chi connectivity index (χ0v) is 25.8. The number of carbonyl (C=O) groups excluding carboxylic acids is 3. The van der Waals surface area contributed by atoms with Crippen LogP contribution >= 0.6 is 11.6 Å². The summed E-state index contributed by atoms with van der Waals surface area (Å²) in [5.41, 5.74) is 4.36. The van der Waals surface area contributed by atoms with Crippen LogP contribution in [0.25, 0.3) is 11.3 Å². The van der Waals surface area contributed by atoms with Gasteiger partial charge in [0.15, 0.2) is 11.5 Å². The van der Waals surface area contributed by atoms with Crippen molar-refractivity contribution in [1.82, 2.24) is 34.4 Å². The van der Waals surface area contributed by atoms with Crippen molar-refractivity contribution in [3.63, 3.8) is 0 Å². The zero-order valence-electron chi connectivity index (χ0n) is 25.0. The minimum atomic E-state index is -4.89. The number of urea groups is 1. The standard InChI is InChI=1S/C29H31ClF5N9O3/c1-41-22(20-14-44(13-15-11-28(15,31)32)40-23(20)29(33,34)35)12-37-24(41)25(45)38-17-2-3-19(21(30)10-17)26(46)42-4-6-43(7-5-42)27(47)39-18-8-16(36)9-18/h2-3,10,12,14-16,18H,4-9,11,13,36H2,1H3,(H,38,45)(H,39,47)/t15-,16?,18?/m1/s1. The second-order valence-electron chi connectivity index (χ2n) is 12.1. The lowest BCUT2D eigenvalue weighted by Gasteiger charge is -2.38. The second-order valence-corrected chi connectivity index (χ2v) is 12.5. The van der Waals surface area contributed by atoms with Crippen molar-refractivity contribution in [2.75, 3.05) is 31.5 Å². The highest BCUT2D eigenvalue weighted by Gasteiger charge is 2.57. The monoisotopic (exact) mass is 683 g/mol. The van der Waals surface area contributed by atoms with E-state index in [2.05, 4.69) is 20.7 Å². The first kappa shape index (κ1) is 32.7. The van der Waals surface area contributed by atoms with Crippen LogP contribution in [0, 0.1) is 5.92 Å². The highest BCUT2D eigenvalue weighted by molar-refractivity contribution is 6.34. The number of aromatic nitrogens is 4. The van der Waals surface area contributed by atoms with E-state index >= 15 is 0 Å². The summed E-state index contributed by atoms with van der Waals surface area (Å²) in [6, 6.07) is 4.24. The number of nitrogens with zero attached hydrogens (tertiary/aromatic N) is 6. The summed E-state index contributed by atoms with van der Waals surface area (Å²) in [7, 11) is 1.34. The van der Waals surface area contributed by atoms with Gasteiger partial charge in [-0.1, -0.05) is 11.6 Å². The first-order valence-corrected chi connectivity index (χ1v) is 15.2. The maximum Gasteiger partial charge on any atom is 0.435 e. The van der Waals surface area contributed by atoms with Crippen molar-refractivity contribution in [2.45, 2.75) is 50.0 Å². The van der Waals surface area contributed by atoms with Gasteiger partial charge >= 0.3 is 12.2 Å². The number of rotatable bonds is 7. The summed E-state index contributed by atoms with van der Waals surface area (Å²) >= 11 is 6.41. The number of halogens is 6. The lowest BCUT2D eigenvalue weighted by molar-refractivity contribution is -0.141. The maximum atomic E-state index is 13.8. The molecule has 3 aromatic rings.